The van der Waals surface area contributed by atoms with Gasteiger partial charge in [-0.05, 0) is 80.7 Å². The molecule has 0 amide bonds. The number of hydrogen-bond acceptors (Lipinski definition) is 5. The monoisotopic (exact) mass is 504 g/mol. The van der Waals surface area contributed by atoms with Crippen LogP contribution in [0.5, 0.6) is 5.75 Å². The van der Waals surface area contributed by atoms with E-state index >= 15 is 0 Å². The molecule has 0 saturated carbocycles. The van der Waals surface area contributed by atoms with Gasteiger partial charge in [0, 0.05) is 17.9 Å². The highest BCUT2D eigenvalue weighted by atomic mass is 16.5. The van der Waals surface area contributed by atoms with Crippen molar-refractivity contribution in [3.8, 4) is 5.75 Å². The molecule has 1 aliphatic rings. The molecule has 5 nitrogen and oxygen atoms in total. The SMILES string of the molecule is CCCC(CC1CC(=O)c2c(C)ccc(CC(=O)Oc3ccc(C)cc3)c2C1)C(CC)C(=O)CC(C)=O. The maximum Gasteiger partial charge on any atom is 0.315 e. The zero-order valence-electron chi connectivity index (χ0n) is 22.9. The van der Waals surface area contributed by atoms with Gasteiger partial charge in [0.2, 0.25) is 0 Å². The quantitative estimate of drug-likeness (QED) is 0.185. The summed E-state index contributed by atoms with van der Waals surface area (Å²) in [6.45, 7) is 9.50. The van der Waals surface area contributed by atoms with Gasteiger partial charge in [0.25, 0.3) is 0 Å². The fraction of sp³-hybridized carbons (Fsp3) is 0.500. The van der Waals surface area contributed by atoms with Crippen molar-refractivity contribution in [1.29, 1.82) is 0 Å². The molecule has 0 saturated heterocycles. The van der Waals surface area contributed by atoms with Crippen molar-refractivity contribution in [2.75, 3.05) is 0 Å². The molecule has 0 N–H and O–H groups in total. The van der Waals surface area contributed by atoms with E-state index in [2.05, 4.69) is 6.92 Å². The lowest BCUT2D eigenvalue weighted by molar-refractivity contribution is -0.134. The van der Waals surface area contributed by atoms with E-state index in [-0.39, 0.29) is 53.9 Å². The smallest absolute Gasteiger partial charge is 0.315 e. The largest absolute Gasteiger partial charge is 0.426 e. The molecule has 0 aliphatic heterocycles. The average molecular weight is 505 g/mol. The molecular formula is C32H40O5. The van der Waals surface area contributed by atoms with Gasteiger partial charge in [0.15, 0.2) is 5.78 Å². The second-order valence-corrected chi connectivity index (χ2v) is 10.7. The first-order chi connectivity index (χ1) is 17.6. The van der Waals surface area contributed by atoms with Crippen molar-refractivity contribution in [2.45, 2.75) is 86.0 Å². The Labute approximate surface area is 221 Å². The summed E-state index contributed by atoms with van der Waals surface area (Å²) in [5.74, 6) is 0.260. The predicted octanol–water partition coefficient (Wildman–Crippen LogP) is 6.58. The van der Waals surface area contributed by atoms with Crippen LogP contribution in [-0.2, 0) is 27.2 Å². The molecule has 0 fully saturated rings. The number of rotatable bonds is 12. The van der Waals surface area contributed by atoms with Crippen LogP contribution in [0, 0.1) is 31.6 Å². The first-order valence-corrected chi connectivity index (χ1v) is 13.6. The Kier molecular flexibility index (Phi) is 9.96. The fourth-order valence-corrected chi connectivity index (χ4v) is 5.90. The van der Waals surface area contributed by atoms with Crippen molar-refractivity contribution in [1.82, 2.24) is 0 Å². The van der Waals surface area contributed by atoms with Crippen molar-refractivity contribution >= 4 is 23.3 Å². The number of carbonyl (C=O) groups is 4. The second kappa shape index (κ2) is 12.9. The first kappa shape index (κ1) is 28.5. The van der Waals surface area contributed by atoms with Gasteiger partial charge in [-0.3, -0.25) is 19.2 Å². The lowest BCUT2D eigenvalue weighted by Gasteiger charge is -2.32. The van der Waals surface area contributed by atoms with E-state index < -0.39 is 0 Å². The minimum absolute atomic E-state index is 0.0163. The van der Waals surface area contributed by atoms with Gasteiger partial charge < -0.3 is 4.74 Å². The van der Waals surface area contributed by atoms with E-state index in [1.54, 1.807) is 12.1 Å². The lowest BCUT2D eigenvalue weighted by Crippen LogP contribution is -2.30. The Hall–Kier alpha value is -3.08. The fourth-order valence-electron chi connectivity index (χ4n) is 5.90. The number of fused-ring (bicyclic) bond motifs is 1. The summed E-state index contributed by atoms with van der Waals surface area (Å²) >= 11 is 0. The van der Waals surface area contributed by atoms with Gasteiger partial charge in [-0.2, -0.15) is 0 Å². The maximum absolute atomic E-state index is 13.3. The van der Waals surface area contributed by atoms with Crippen molar-refractivity contribution in [3.63, 3.8) is 0 Å². The molecule has 0 aromatic heterocycles. The highest BCUT2D eigenvalue weighted by molar-refractivity contribution is 6.01. The third kappa shape index (κ3) is 7.47. The molecule has 0 radical (unpaired) electrons. The Balaban J connectivity index is 1.81. The molecule has 1 aliphatic carbocycles. The van der Waals surface area contributed by atoms with Crippen LogP contribution in [0.15, 0.2) is 36.4 Å². The third-order valence-corrected chi connectivity index (χ3v) is 7.59. The van der Waals surface area contributed by atoms with Crippen LogP contribution in [0.4, 0.5) is 0 Å². The molecule has 0 heterocycles. The van der Waals surface area contributed by atoms with E-state index in [0.717, 1.165) is 47.1 Å². The zero-order chi connectivity index (χ0) is 27.1. The molecule has 3 rings (SSSR count). The summed E-state index contributed by atoms with van der Waals surface area (Å²) in [7, 11) is 0. The van der Waals surface area contributed by atoms with Gasteiger partial charge in [-0.25, -0.2) is 0 Å². The summed E-state index contributed by atoms with van der Waals surface area (Å²) in [5.41, 5.74) is 4.54. The normalized spacial score (nSPS) is 16.6. The molecule has 0 spiro atoms. The van der Waals surface area contributed by atoms with Gasteiger partial charge in [0.05, 0.1) is 12.8 Å². The average Bonchev–Trinajstić information content (AvgIpc) is 2.82. The van der Waals surface area contributed by atoms with Gasteiger partial charge in [-0.15, -0.1) is 0 Å². The Morgan fingerprint density at radius 3 is 2.32 bits per heavy atom. The van der Waals surface area contributed by atoms with Crippen LogP contribution in [0.25, 0.3) is 0 Å². The molecule has 2 aromatic rings. The van der Waals surface area contributed by atoms with E-state index in [4.69, 9.17) is 4.74 Å². The number of hydrogen-bond donors (Lipinski definition) is 0. The molecular weight excluding hydrogens is 464 g/mol. The number of ketones is 3. The molecule has 3 atom stereocenters. The summed E-state index contributed by atoms with van der Waals surface area (Å²) in [6.07, 6.45) is 4.53. The third-order valence-electron chi connectivity index (χ3n) is 7.59. The summed E-state index contributed by atoms with van der Waals surface area (Å²) in [6, 6.07) is 11.2. The summed E-state index contributed by atoms with van der Waals surface area (Å²) < 4.78 is 5.56. The highest BCUT2D eigenvalue weighted by Gasteiger charge is 2.34. The highest BCUT2D eigenvalue weighted by Crippen LogP contribution is 2.37. The lowest BCUT2D eigenvalue weighted by atomic mass is 9.71. The number of carbonyl (C=O) groups excluding carboxylic acids is 4. The van der Waals surface area contributed by atoms with Crippen molar-refractivity contribution < 1.29 is 23.9 Å². The molecule has 0 bridgehead atoms. The standard InChI is InChI=1S/C32H40O5/c1-6-8-24(27(7-2)29(34)15-22(5)33)16-23-17-28-25(12-11-21(4)32(28)30(35)18-23)19-31(36)37-26-13-9-20(3)10-14-26/h9-14,23-24,27H,6-8,15-19H2,1-5H3. The van der Waals surface area contributed by atoms with Crippen LogP contribution in [0.3, 0.4) is 0 Å². The second-order valence-electron chi connectivity index (χ2n) is 10.7. The van der Waals surface area contributed by atoms with Gasteiger partial charge in [-0.1, -0.05) is 56.5 Å². The van der Waals surface area contributed by atoms with Crippen molar-refractivity contribution in [3.05, 3.63) is 64.2 Å². The van der Waals surface area contributed by atoms with E-state index in [0.29, 0.717) is 25.0 Å². The molecule has 2 aromatic carbocycles. The van der Waals surface area contributed by atoms with Crippen LogP contribution in [-0.4, -0.2) is 23.3 Å². The van der Waals surface area contributed by atoms with Crippen LogP contribution in [0.1, 0.15) is 91.9 Å². The van der Waals surface area contributed by atoms with E-state index in [1.165, 1.54) is 6.92 Å². The minimum atomic E-state index is -0.353. The van der Waals surface area contributed by atoms with Gasteiger partial charge >= 0.3 is 5.97 Å². The molecule has 37 heavy (non-hydrogen) atoms. The predicted molar refractivity (Wildman–Crippen MR) is 145 cm³/mol. The molecule has 3 unspecified atom stereocenters. The topological polar surface area (TPSA) is 77.5 Å². The Morgan fingerprint density at radius 2 is 1.70 bits per heavy atom. The molecule has 198 valence electrons. The maximum atomic E-state index is 13.3. The summed E-state index contributed by atoms with van der Waals surface area (Å²) in [4.78, 5) is 50.6. The number of benzene rings is 2. The van der Waals surface area contributed by atoms with Crippen molar-refractivity contribution in [2.24, 2.45) is 17.8 Å². The number of aryl methyl sites for hydroxylation is 2. The van der Waals surface area contributed by atoms with E-state index in [1.807, 2.05) is 45.0 Å². The zero-order valence-corrected chi connectivity index (χ0v) is 22.9. The van der Waals surface area contributed by atoms with Crippen LogP contribution < -0.4 is 4.74 Å². The Bertz CT molecular complexity index is 1140. The van der Waals surface area contributed by atoms with E-state index in [9.17, 15) is 19.2 Å². The summed E-state index contributed by atoms with van der Waals surface area (Å²) in [5, 5.41) is 0. The number of ether oxygens (including phenoxy) is 1. The minimum Gasteiger partial charge on any atom is -0.426 e. The number of esters is 1. The van der Waals surface area contributed by atoms with Crippen LogP contribution in [0.2, 0.25) is 0 Å². The Morgan fingerprint density at radius 1 is 1.00 bits per heavy atom. The van der Waals surface area contributed by atoms with Crippen LogP contribution >= 0.6 is 0 Å². The first-order valence-electron chi connectivity index (χ1n) is 13.6. The molecule has 5 heteroatoms. The number of Topliss-reactive ketones (excluding diaryl/α,β-unsaturated/α-hetero) is 3. The van der Waals surface area contributed by atoms with Gasteiger partial charge in [0.1, 0.15) is 17.3 Å².